The van der Waals surface area contributed by atoms with Gasteiger partial charge in [0, 0.05) is 28.9 Å². The fourth-order valence-corrected chi connectivity index (χ4v) is 4.86. The van der Waals surface area contributed by atoms with Crippen LogP contribution in [0.25, 0.3) is 11.3 Å². The van der Waals surface area contributed by atoms with Crippen molar-refractivity contribution >= 4 is 38.1 Å². The van der Waals surface area contributed by atoms with Crippen LogP contribution in [0, 0.1) is 6.92 Å². The van der Waals surface area contributed by atoms with E-state index in [0.29, 0.717) is 11.4 Å². The summed E-state index contributed by atoms with van der Waals surface area (Å²) in [4.78, 5) is 16.6. The predicted molar refractivity (Wildman–Crippen MR) is 130 cm³/mol. The molecule has 1 amide bonds. The summed E-state index contributed by atoms with van der Waals surface area (Å²) in [6.45, 7) is 5.85. The van der Waals surface area contributed by atoms with Gasteiger partial charge in [-0.05, 0) is 68.8 Å². The van der Waals surface area contributed by atoms with Crippen molar-refractivity contribution in [3.63, 3.8) is 0 Å². The van der Waals surface area contributed by atoms with E-state index < -0.39 is 15.9 Å². The van der Waals surface area contributed by atoms with E-state index in [-0.39, 0.29) is 21.8 Å². The Hall–Kier alpha value is -3.70. The van der Waals surface area contributed by atoms with Gasteiger partial charge in [-0.3, -0.25) is 9.52 Å². The zero-order chi connectivity index (χ0) is 24.3. The second-order valence-electron chi connectivity index (χ2n) is 7.64. The minimum absolute atomic E-state index is 0.0460. The van der Waals surface area contributed by atoms with Crippen LogP contribution in [0.3, 0.4) is 0 Å². The number of anilines is 2. The number of carbonyl (C=O) groups is 1. The highest BCUT2D eigenvalue weighted by atomic mass is 32.2. The molecule has 0 saturated heterocycles. The summed E-state index contributed by atoms with van der Waals surface area (Å²) in [6.07, 6.45) is 1.57. The number of benzene rings is 2. The molecular weight excluding hydrogens is 476 g/mol. The van der Waals surface area contributed by atoms with Crippen LogP contribution >= 0.6 is 11.3 Å². The van der Waals surface area contributed by atoms with Crippen molar-refractivity contribution < 1.29 is 22.5 Å². The molecule has 0 aliphatic rings. The smallest absolute Gasteiger partial charge is 0.277 e. The van der Waals surface area contributed by atoms with Crippen molar-refractivity contribution in [2.75, 3.05) is 10.0 Å². The van der Waals surface area contributed by atoms with E-state index >= 15 is 0 Å². The molecule has 0 radical (unpaired) electrons. The molecular formula is C23H22N4O5S2. The van der Waals surface area contributed by atoms with Crippen molar-refractivity contribution in [1.29, 1.82) is 0 Å². The van der Waals surface area contributed by atoms with Gasteiger partial charge in [0.15, 0.2) is 16.6 Å². The first kappa shape index (κ1) is 23.5. The normalized spacial score (nSPS) is 11.4. The minimum Gasteiger partial charge on any atom is -0.491 e. The summed E-state index contributed by atoms with van der Waals surface area (Å²) >= 11 is 1.18. The summed E-state index contributed by atoms with van der Waals surface area (Å²) in [6, 6.07) is 12.9. The van der Waals surface area contributed by atoms with Crippen molar-refractivity contribution in [2.24, 2.45) is 0 Å². The molecule has 2 aromatic heterocycles. The van der Waals surface area contributed by atoms with Crippen LogP contribution in [0.4, 0.5) is 10.8 Å². The highest BCUT2D eigenvalue weighted by Gasteiger charge is 2.17. The van der Waals surface area contributed by atoms with E-state index in [0.717, 1.165) is 16.9 Å². The van der Waals surface area contributed by atoms with Gasteiger partial charge in [0.1, 0.15) is 5.75 Å². The second kappa shape index (κ2) is 9.65. The maximum absolute atomic E-state index is 12.6. The lowest BCUT2D eigenvalue weighted by molar-refractivity contribution is 0.101. The van der Waals surface area contributed by atoms with Gasteiger partial charge in [0.05, 0.1) is 11.0 Å². The van der Waals surface area contributed by atoms with Gasteiger partial charge in [-0.1, -0.05) is 5.16 Å². The van der Waals surface area contributed by atoms with Crippen molar-refractivity contribution in [3.8, 4) is 17.1 Å². The lowest BCUT2D eigenvalue weighted by Gasteiger charge is -2.12. The van der Waals surface area contributed by atoms with Crippen molar-refractivity contribution in [3.05, 3.63) is 71.4 Å². The van der Waals surface area contributed by atoms with Crippen molar-refractivity contribution in [2.45, 2.75) is 31.8 Å². The number of sulfonamides is 1. The van der Waals surface area contributed by atoms with E-state index in [1.165, 1.54) is 41.8 Å². The lowest BCUT2D eigenvalue weighted by atomic mass is 10.1. The number of amides is 1. The highest BCUT2D eigenvalue weighted by Crippen LogP contribution is 2.28. The van der Waals surface area contributed by atoms with E-state index in [9.17, 15) is 13.2 Å². The van der Waals surface area contributed by atoms with Gasteiger partial charge in [0.2, 0.25) is 0 Å². The molecule has 4 aromatic rings. The summed E-state index contributed by atoms with van der Waals surface area (Å²) in [5.41, 5.74) is 2.21. The zero-order valence-electron chi connectivity index (χ0n) is 18.6. The Morgan fingerprint density at radius 3 is 2.53 bits per heavy atom. The topological polar surface area (TPSA) is 123 Å². The maximum Gasteiger partial charge on any atom is 0.277 e. The third-order valence-electron chi connectivity index (χ3n) is 4.64. The molecule has 2 aromatic carbocycles. The van der Waals surface area contributed by atoms with Crippen LogP contribution < -0.4 is 14.8 Å². The second-order valence-corrected chi connectivity index (χ2v) is 10.2. The Bertz CT molecular complexity index is 1400. The first-order valence-electron chi connectivity index (χ1n) is 10.3. The molecule has 0 unspecified atom stereocenters. The van der Waals surface area contributed by atoms with E-state index in [1.54, 1.807) is 11.4 Å². The highest BCUT2D eigenvalue weighted by molar-refractivity contribution is 7.93. The Kier molecular flexibility index (Phi) is 6.66. The fraction of sp³-hybridized carbons (Fsp3) is 0.174. The van der Waals surface area contributed by atoms with Crippen LogP contribution in [0.15, 0.2) is 69.5 Å². The largest absolute Gasteiger partial charge is 0.491 e. The van der Waals surface area contributed by atoms with Crippen LogP contribution in [0.2, 0.25) is 0 Å². The number of thiazole rings is 1. The zero-order valence-corrected chi connectivity index (χ0v) is 20.2. The number of nitrogens with one attached hydrogen (secondary N) is 2. The molecule has 11 heteroatoms. The Balaban J connectivity index is 1.43. The number of nitrogens with zero attached hydrogens (tertiary/aromatic N) is 2. The number of ether oxygens (including phenoxy) is 1. The molecule has 0 aliphatic carbocycles. The fourth-order valence-electron chi connectivity index (χ4n) is 3.07. The molecule has 2 N–H and O–H groups in total. The third kappa shape index (κ3) is 5.43. The van der Waals surface area contributed by atoms with Gasteiger partial charge in [0.25, 0.3) is 15.9 Å². The SMILES string of the molecule is Cc1cc(-c2cc(C(=O)Nc3ccc(S(=O)(=O)Nc4nccs4)cc3)no2)ccc1OC(C)C. The van der Waals surface area contributed by atoms with Crippen LogP contribution in [0.1, 0.15) is 29.9 Å². The number of rotatable bonds is 8. The number of hydrogen-bond acceptors (Lipinski definition) is 8. The van der Waals surface area contributed by atoms with E-state index in [4.69, 9.17) is 9.26 Å². The van der Waals surface area contributed by atoms with Crippen LogP contribution in [0.5, 0.6) is 5.75 Å². The van der Waals surface area contributed by atoms with Crippen LogP contribution in [-0.4, -0.2) is 30.6 Å². The number of carbonyl (C=O) groups excluding carboxylic acids is 1. The molecule has 0 spiro atoms. The standard InChI is InChI=1S/C23H22N4O5S2/c1-14(2)31-20-9-4-16(12-15(20)3)21-13-19(26-32-21)22(28)25-17-5-7-18(8-6-17)34(29,30)27-23-24-10-11-33-23/h4-14H,1-3H3,(H,24,27)(H,25,28). The first-order chi connectivity index (χ1) is 16.2. The molecule has 34 heavy (non-hydrogen) atoms. The maximum atomic E-state index is 12.6. The Morgan fingerprint density at radius 1 is 1.12 bits per heavy atom. The average molecular weight is 499 g/mol. The van der Waals surface area contributed by atoms with Gasteiger partial charge >= 0.3 is 0 Å². The Labute approximate surface area is 200 Å². The molecule has 0 atom stereocenters. The predicted octanol–water partition coefficient (Wildman–Crippen LogP) is 4.95. The Morgan fingerprint density at radius 2 is 1.88 bits per heavy atom. The molecule has 176 valence electrons. The average Bonchev–Trinajstić information content (AvgIpc) is 3.47. The molecule has 9 nitrogen and oxygen atoms in total. The molecule has 0 bridgehead atoms. The lowest BCUT2D eigenvalue weighted by Crippen LogP contribution is -2.14. The summed E-state index contributed by atoms with van der Waals surface area (Å²) in [5.74, 6) is 0.741. The van der Waals surface area contributed by atoms with E-state index in [2.05, 4.69) is 20.2 Å². The summed E-state index contributed by atoms with van der Waals surface area (Å²) < 4.78 is 38.4. The molecule has 0 saturated carbocycles. The number of hydrogen-bond donors (Lipinski definition) is 2. The quantitative estimate of drug-likeness (QED) is 0.352. The van der Waals surface area contributed by atoms with Gasteiger partial charge in [-0.25, -0.2) is 13.4 Å². The molecule has 4 rings (SSSR count). The minimum atomic E-state index is -3.77. The molecule has 0 fully saturated rings. The summed E-state index contributed by atoms with van der Waals surface area (Å²) in [5, 5.41) is 8.48. The van der Waals surface area contributed by atoms with Gasteiger partial charge in [-0.2, -0.15) is 0 Å². The number of aromatic nitrogens is 2. The van der Waals surface area contributed by atoms with E-state index in [1.807, 2.05) is 39.0 Å². The number of aryl methyl sites for hydroxylation is 1. The van der Waals surface area contributed by atoms with Gasteiger partial charge < -0.3 is 14.6 Å². The molecule has 2 heterocycles. The van der Waals surface area contributed by atoms with Gasteiger partial charge in [-0.15, -0.1) is 11.3 Å². The molecule has 0 aliphatic heterocycles. The monoisotopic (exact) mass is 498 g/mol. The third-order valence-corrected chi connectivity index (χ3v) is 6.81. The first-order valence-corrected chi connectivity index (χ1v) is 12.7. The van der Waals surface area contributed by atoms with Crippen LogP contribution in [-0.2, 0) is 10.0 Å². The van der Waals surface area contributed by atoms with Crippen molar-refractivity contribution in [1.82, 2.24) is 10.1 Å². The summed E-state index contributed by atoms with van der Waals surface area (Å²) in [7, 11) is -3.77.